The molecule has 2 amide bonds. The fraction of sp³-hybridized carbons (Fsp3) is 0.438. The lowest BCUT2D eigenvalue weighted by Crippen LogP contribution is -2.47. The largest absolute Gasteiger partial charge is 0.492 e. The smallest absolute Gasteiger partial charge is 0.229 e. The Kier molecular flexibility index (Phi) is 4.27. The van der Waals surface area contributed by atoms with Crippen LogP contribution in [0.3, 0.4) is 0 Å². The molecule has 1 aromatic carbocycles. The minimum atomic E-state index is -0.251. The number of ether oxygens (including phenoxy) is 1. The van der Waals surface area contributed by atoms with Gasteiger partial charge >= 0.3 is 0 Å². The predicted octanol–water partition coefficient (Wildman–Crippen LogP) is 2.11. The van der Waals surface area contributed by atoms with Gasteiger partial charge in [0.05, 0.1) is 18.2 Å². The molecular formula is C16H18N2O3. The molecule has 0 saturated carbocycles. The van der Waals surface area contributed by atoms with E-state index >= 15 is 0 Å². The fourth-order valence-corrected chi connectivity index (χ4v) is 2.34. The van der Waals surface area contributed by atoms with Gasteiger partial charge in [0.1, 0.15) is 12.4 Å². The summed E-state index contributed by atoms with van der Waals surface area (Å²) in [6.45, 7) is 4.36. The minimum absolute atomic E-state index is 0.139. The van der Waals surface area contributed by atoms with Crippen molar-refractivity contribution in [3.63, 3.8) is 0 Å². The second kappa shape index (κ2) is 5.96. The normalized spacial score (nSPS) is 17.5. The lowest BCUT2D eigenvalue weighted by Gasteiger charge is -2.34. The number of rotatable bonds is 4. The van der Waals surface area contributed by atoms with E-state index in [4.69, 9.17) is 10.00 Å². The van der Waals surface area contributed by atoms with Gasteiger partial charge in [-0.15, -0.1) is 0 Å². The summed E-state index contributed by atoms with van der Waals surface area (Å²) in [5.41, 5.74) is 0.310. The van der Waals surface area contributed by atoms with Crippen molar-refractivity contribution in [1.29, 1.82) is 5.26 Å². The minimum Gasteiger partial charge on any atom is -0.492 e. The summed E-state index contributed by atoms with van der Waals surface area (Å²) in [6, 6.07) is 8.74. The fourth-order valence-electron chi connectivity index (χ4n) is 2.34. The molecule has 0 atom stereocenters. The zero-order valence-electron chi connectivity index (χ0n) is 12.3. The highest BCUT2D eigenvalue weighted by atomic mass is 16.5. The Morgan fingerprint density at radius 2 is 1.76 bits per heavy atom. The van der Waals surface area contributed by atoms with Crippen LogP contribution in [0.25, 0.3) is 0 Å². The molecule has 1 aromatic rings. The lowest BCUT2D eigenvalue weighted by atomic mass is 9.82. The average molecular weight is 286 g/mol. The molecule has 0 aromatic heterocycles. The molecule has 0 N–H and O–H groups in total. The molecule has 5 heteroatoms. The molecule has 110 valence electrons. The van der Waals surface area contributed by atoms with E-state index in [2.05, 4.69) is 0 Å². The van der Waals surface area contributed by atoms with E-state index in [1.165, 1.54) is 4.90 Å². The molecule has 21 heavy (non-hydrogen) atoms. The van der Waals surface area contributed by atoms with Gasteiger partial charge < -0.3 is 4.74 Å². The third-order valence-corrected chi connectivity index (χ3v) is 3.43. The van der Waals surface area contributed by atoms with Gasteiger partial charge in [-0.2, -0.15) is 5.26 Å². The Hall–Kier alpha value is -2.35. The van der Waals surface area contributed by atoms with Crippen LogP contribution in [0, 0.1) is 16.7 Å². The van der Waals surface area contributed by atoms with E-state index in [1.807, 2.05) is 19.9 Å². The molecule has 1 fully saturated rings. The Balaban J connectivity index is 1.87. The maximum absolute atomic E-state index is 12.0. The molecule has 0 radical (unpaired) electrons. The van der Waals surface area contributed by atoms with Crippen LogP contribution in [-0.2, 0) is 9.59 Å². The summed E-state index contributed by atoms with van der Waals surface area (Å²) in [7, 11) is 0. The Morgan fingerprint density at radius 3 is 2.29 bits per heavy atom. The maximum atomic E-state index is 12.0. The molecule has 0 aliphatic carbocycles. The molecule has 0 spiro atoms. The van der Waals surface area contributed by atoms with Crippen molar-refractivity contribution in [1.82, 2.24) is 4.90 Å². The number of carbonyl (C=O) groups excluding carboxylic acids is 2. The van der Waals surface area contributed by atoms with Crippen molar-refractivity contribution in [3.05, 3.63) is 29.8 Å². The number of piperidine rings is 1. The first-order valence-electron chi connectivity index (χ1n) is 6.87. The van der Waals surface area contributed by atoms with Crippen molar-refractivity contribution in [2.45, 2.75) is 26.7 Å². The van der Waals surface area contributed by atoms with Gasteiger partial charge in [-0.1, -0.05) is 13.8 Å². The van der Waals surface area contributed by atoms with E-state index < -0.39 is 0 Å². The number of likely N-dealkylation sites (tertiary alicyclic amines) is 1. The zero-order valence-corrected chi connectivity index (χ0v) is 12.3. The second-order valence-electron chi connectivity index (χ2n) is 5.94. The maximum Gasteiger partial charge on any atom is 0.229 e. The molecule has 1 aliphatic rings. The summed E-state index contributed by atoms with van der Waals surface area (Å²) < 4.78 is 5.50. The van der Waals surface area contributed by atoms with Crippen molar-refractivity contribution in [3.8, 4) is 11.8 Å². The van der Waals surface area contributed by atoms with E-state index in [1.54, 1.807) is 24.3 Å². The third-order valence-electron chi connectivity index (χ3n) is 3.43. The Bertz CT molecular complexity index is 565. The van der Waals surface area contributed by atoms with Crippen molar-refractivity contribution >= 4 is 11.8 Å². The molecule has 1 heterocycles. The van der Waals surface area contributed by atoms with E-state index in [0.29, 0.717) is 24.2 Å². The topological polar surface area (TPSA) is 70.4 Å². The van der Waals surface area contributed by atoms with Crippen LogP contribution in [0.15, 0.2) is 24.3 Å². The number of nitriles is 1. The van der Waals surface area contributed by atoms with Crippen LogP contribution in [0.5, 0.6) is 5.75 Å². The first-order chi connectivity index (χ1) is 9.91. The van der Waals surface area contributed by atoms with Gasteiger partial charge in [0.25, 0.3) is 0 Å². The summed E-state index contributed by atoms with van der Waals surface area (Å²) in [5, 5.41) is 8.70. The number of hydrogen-bond donors (Lipinski definition) is 0. The molecule has 0 unspecified atom stereocenters. The monoisotopic (exact) mass is 286 g/mol. The van der Waals surface area contributed by atoms with Crippen LogP contribution in [0.4, 0.5) is 0 Å². The van der Waals surface area contributed by atoms with E-state index in [9.17, 15) is 9.59 Å². The number of carbonyl (C=O) groups is 2. The van der Waals surface area contributed by atoms with Gasteiger partial charge in [-0.3, -0.25) is 14.5 Å². The van der Waals surface area contributed by atoms with Crippen LogP contribution in [-0.4, -0.2) is 29.9 Å². The summed E-state index contributed by atoms with van der Waals surface area (Å²) >= 11 is 0. The second-order valence-corrected chi connectivity index (χ2v) is 5.94. The van der Waals surface area contributed by atoms with Gasteiger partial charge in [0.2, 0.25) is 11.8 Å². The Labute approximate surface area is 124 Å². The third kappa shape index (κ3) is 3.82. The van der Waals surface area contributed by atoms with Gasteiger partial charge in [0, 0.05) is 12.8 Å². The summed E-state index contributed by atoms with van der Waals surface area (Å²) in [6.07, 6.45) is 0.769. The summed E-state index contributed by atoms with van der Waals surface area (Å²) in [4.78, 5) is 25.2. The quantitative estimate of drug-likeness (QED) is 0.795. The van der Waals surface area contributed by atoms with E-state index in [-0.39, 0.29) is 30.4 Å². The first-order valence-corrected chi connectivity index (χ1v) is 6.87. The predicted molar refractivity (Wildman–Crippen MR) is 76.4 cm³/mol. The van der Waals surface area contributed by atoms with E-state index in [0.717, 1.165) is 0 Å². The van der Waals surface area contributed by atoms with Crippen LogP contribution in [0.1, 0.15) is 32.3 Å². The SMILES string of the molecule is CC1(C)CC(=O)N(CCOc2ccc(C#N)cc2)C(=O)C1. The van der Waals surface area contributed by atoms with Gasteiger partial charge in [0.15, 0.2) is 0 Å². The van der Waals surface area contributed by atoms with Crippen molar-refractivity contribution in [2.75, 3.05) is 13.2 Å². The molecule has 5 nitrogen and oxygen atoms in total. The van der Waals surface area contributed by atoms with Gasteiger partial charge in [-0.25, -0.2) is 0 Å². The molecule has 1 saturated heterocycles. The molecule has 0 bridgehead atoms. The number of benzene rings is 1. The average Bonchev–Trinajstić information content (AvgIpc) is 2.41. The lowest BCUT2D eigenvalue weighted by molar-refractivity contribution is -0.152. The number of hydrogen-bond acceptors (Lipinski definition) is 4. The molecule has 2 rings (SSSR count). The highest BCUT2D eigenvalue weighted by Crippen LogP contribution is 2.31. The first kappa shape index (κ1) is 15.0. The number of amides is 2. The molecule has 1 aliphatic heterocycles. The van der Waals surface area contributed by atoms with Crippen molar-refractivity contribution in [2.24, 2.45) is 5.41 Å². The van der Waals surface area contributed by atoms with Crippen LogP contribution < -0.4 is 4.74 Å². The van der Waals surface area contributed by atoms with Crippen LogP contribution >= 0.6 is 0 Å². The zero-order chi connectivity index (χ0) is 15.5. The summed E-state index contributed by atoms with van der Waals surface area (Å²) in [5.74, 6) is 0.339. The van der Waals surface area contributed by atoms with Crippen molar-refractivity contribution < 1.29 is 14.3 Å². The number of nitrogens with zero attached hydrogens (tertiary/aromatic N) is 2. The highest BCUT2D eigenvalue weighted by Gasteiger charge is 2.37. The Morgan fingerprint density at radius 1 is 1.19 bits per heavy atom. The van der Waals surface area contributed by atoms with Gasteiger partial charge in [-0.05, 0) is 29.7 Å². The highest BCUT2D eigenvalue weighted by molar-refractivity contribution is 5.98. The molecular weight excluding hydrogens is 268 g/mol. The number of imide groups is 1. The standard InChI is InChI=1S/C16H18N2O3/c1-16(2)9-14(19)18(15(20)10-16)7-8-21-13-5-3-12(11-17)4-6-13/h3-6H,7-10H2,1-2H3. The van der Waals surface area contributed by atoms with Crippen LogP contribution in [0.2, 0.25) is 0 Å².